The molecule has 0 saturated heterocycles. The summed E-state index contributed by atoms with van der Waals surface area (Å²) >= 11 is 0. The summed E-state index contributed by atoms with van der Waals surface area (Å²) in [4.78, 5) is 26.0. The Morgan fingerprint density at radius 3 is 2.50 bits per heavy atom. The van der Waals surface area contributed by atoms with Gasteiger partial charge in [0.1, 0.15) is 24.7 Å². The van der Waals surface area contributed by atoms with Crippen LogP contribution in [-0.4, -0.2) is 47.4 Å². The molecular formula is C22H22FN3O4. The smallest absolute Gasteiger partial charge is 0.274 e. The molecule has 1 aromatic heterocycles. The first kappa shape index (κ1) is 21.0. The molecule has 0 unspecified atom stereocenters. The monoisotopic (exact) mass is 411 g/mol. The van der Waals surface area contributed by atoms with Gasteiger partial charge in [-0.15, -0.1) is 0 Å². The van der Waals surface area contributed by atoms with Crippen molar-refractivity contribution < 1.29 is 18.7 Å². The highest BCUT2D eigenvalue weighted by atomic mass is 19.1. The van der Waals surface area contributed by atoms with Crippen LogP contribution in [0.3, 0.4) is 0 Å². The van der Waals surface area contributed by atoms with E-state index in [2.05, 4.69) is 5.10 Å². The van der Waals surface area contributed by atoms with Crippen molar-refractivity contribution in [3.63, 3.8) is 0 Å². The number of ether oxygens (including phenoxy) is 2. The van der Waals surface area contributed by atoms with Crippen molar-refractivity contribution in [3.8, 4) is 11.5 Å². The number of carbonyl (C=O) groups is 1. The van der Waals surface area contributed by atoms with E-state index in [4.69, 9.17) is 9.47 Å². The highest BCUT2D eigenvalue weighted by Gasteiger charge is 2.15. The molecule has 156 valence electrons. The highest BCUT2D eigenvalue weighted by Crippen LogP contribution is 2.15. The van der Waals surface area contributed by atoms with Gasteiger partial charge < -0.3 is 14.4 Å². The van der Waals surface area contributed by atoms with E-state index in [1.807, 2.05) is 30.3 Å². The number of nitrogens with zero attached hydrogens (tertiary/aromatic N) is 3. The molecule has 0 spiro atoms. The standard InChI is InChI=1S/C22H22FN3O4/c1-25(13-15-30-20-10-6-5-9-18(20)23)22(28)19-11-12-21(27)26(24-19)14-16-29-17-7-3-2-4-8-17/h2-12H,13-16H2,1H3. The van der Waals surface area contributed by atoms with Gasteiger partial charge in [-0.3, -0.25) is 9.59 Å². The summed E-state index contributed by atoms with van der Waals surface area (Å²) < 4.78 is 25.7. The number of hydrogen-bond acceptors (Lipinski definition) is 5. The lowest BCUT2D eigenvalue weighted by molar-refractivity contribution is 0.0764. The van der Waals surface area contributed by atoms with Crippen molar-refractivity contribution in [2.75, 3.05) is 26.8 Å². The van der Waals surface area contributed by atoms with E-state index >= 15 is 0 Å². The topological polar surface area (TPSA) is 73.7 Å². The van der Waals surface area contributed by atoms with E-state index in [9.17, 15) is 14.0 Å². The number of carbonyl (C=O) groups excluding carboxylic acids is 1. The molecule has 0 radical (unpaired) electrons. The SMILES string of the molecule is CN(CCOc1ccccc1F)C(=O)c1ccc(=O)n(CCOc2ccccc2)n1. The van der Waals surface area contributed by atoms with E-state index in [0.717, 1.165) is 0 Å². The molecule has 2 aromatic carbocycles. The summed E-state index contributed by atoms with van der Waals surface area (Å²) in [5.74, 6) is -0.0152. The van der Waals surface area contributed by atoms with Gasteiger partial charge in [0.25, 0.3) is 11.5 Å². The summed E-state index contributed by atoms with van der Waals surface area (Å²) in [6.07, 6.45) is 0. The Morgan fingerprint density at radius 1 is 1.00 bits per heavy atom. The van der Waals surface area contributed by atoms with Crippen LogP contribution in [-0.2, 0) is 6.54 Å². The normalized spacial score (nSPS) is 10.5. The molecule has 0 atom stereocenters. The van der Waals surface area contributed by atoms with Crippen molar-refractivity contribution >= 4 is 5.91 Å². The Labute approximate surface area is 173 Å². The number of likely N-dealkylation sites (N-methyl/N-ethyl adjacent to an activating group) is 1. The molecule has 8 heteroatoms. The lowest BCUT2D eigenvalue weighted by Gasteiger charge is -2.17. The zero-order chi connectivity index (χ0) is 21.3. The summed E-state index contributed by atoms with van der Waals surface area (Å²) in [6.45, 7) is 0.786. The lowest BCUT2D eigenvalue weighted by Crippen LogP contribution is -2.34. The van der Waals surface area contributed by atoms with Gasteiger partial charge in [-0.1, -0.05) is 30.3 Å². The summed E-state index contributed by atoms with van der Waals surface area (Å²) in [5.41, 5.74) is -0.198. The molecule has 30 heavy (non-hydrogen) atoms. The highest BCUT2D eigenvalue weighted by molar-refractivity contribution is 5.91. The van der Waals surface area contributed by atoms with E-state index in [1.54, 1.807) is 19.2 Å². The molecule has 0 saturated carbocycles. The Hall–Kier alpha value is -3.68. The van der Waals surface area contributed by atoms with Crippen LogP contribution in [0.5, 0.6) is 11.5 Å². The van der Waals surface area contributed by atoms with Crippen molar-refractivity contribution in [2.45, 2.75) is 6.54 Å². The first-order valence-electron chi connectivity index (χ1n) is 9.43. The molecule has 0 aliphatic heterocycles. The van der Waals surface area contributed by atoms with E-state index in [-0.39, 0.29) is 49.2 Å². The van der Waals surface area contributed by atoms with Crippen molar-refractivity contribution in [1.29, 1.82) is 0 Å². The molecular weight excluding hydrogens is 389 g/mol. The predicted octanol–water partition coefficient (Wildman–Crippen LogP) is 2.61. The molecule has 7 nitrogen and oxygen atoms in total. The van der Waals surface area contributed by atoms with Gasteiger partial charge in [-0.25, -0.2) is 9.07 Å². The number of aromatic nitrogens is 2. The largest absolute Gasteiger partial charge is 0.492 e. The maximum atomic E-state index is 13.6. The lowest BCUT2D eigenvalue weighted by atomic mass is 10.3. The summed E-state index contributed by atoms with van der Waals surface area (Å²) in [7, 11) is 1.59. The third kappa shape index (κ3) is 5.66. The number of benzene rings is 2. The Bertz CT molecular complexity index is 1040. The molecule has 1 heterocycles. The minimum Gasteiger partial charge on any atom is -0.492 e. The second-order valence-corrected chi connectivity index (χ2v) is 6.45. The molecule has 0 aliphatic rings. The Balaban J connectivity index is 1.55. The van der Waals surface area contributed by atoms with Crippen LogP contribution in [0.15, 0.2) is 71.5 Å². The fourth-order valence-corrected chi connectivity index (χ4v) is 2.64. The minimum absolute atomic E-state index is 0.119. The summed E-state index contributed by atoms with van der Waals surface area (Å²) in [6, 6.07) is 18.0. The van der Waals surface area contributed by atoms with Gasteiger partial charge in [0, 0.05) is 13.1 Å². The van der Waals surface area contributed by atoms with Crippen LogP contribution >= 0.6 is 0 Å². The van der Waals surface area contributed by atoms with Crippen LogP contribution in [0.1, 0.15) is 10.5 Å². The van der Waals surface area contributed by atoms with Gasteiger partial charge in [0.15, 0.2) is 11.6 Å². The van der Waals surface area contributed by atoms with Crippen LogP contribution in [0, 0.1) is 5.82 Å². The minimum atomic E-state index is -0.460. The number of rotatable bonds is 9. The third-order valence-electron chi connectivity index (χ3n) is 4.27. The first-order chi connectivity index (χ1) is 14.5. The second kappa shape index (κ2) is 10.2. The Kier molecular flexibility index (Phi) is 7.15. The van der Waals surface area contributed by atoms with Crippen molar-refractivity contribution in [1.82, 2.24) is 14.7 Å². The maximum absolute atomic E-state index is 13.6. The Morgan fingerprint density at radius 2 is 1.73 bits per heavy atom. The third-order valence-corrected chi connectivity index (χ3v) is 4.27. The molecule has 0 fully saturated rings. The zero-order valence-corrected chi connectivity index (χ0v) is 16.5. The molecule has 0 bridgehead atoms. The van der Waals surface area contributed by atoms with Crippen LogP contribution < -0.4 is 15.0 Å². The molecule has 0 aliphatic carbocycles. The first-order valence-corrected chi connectivity index (χ1v) is 9.43. The zero-order valence-electron chi connectivity index (χ0n) is 16.5. The molecule has 0 N–H and O–H groups in total. The number of hydrogen-bond donors (Lipinski definition) is 0. The summed E-state index contributed by atoms with van der Waals surface area (Å²) in [5, 5.41) is 4.14. The van der Waals surface area contributed by atoms with Crippen molar-refractivity contribution in [3.05, 3.63) is 88.6 Å². The average Bonchev–Trinajstić information content (AvgIpc) is 2.76. The quantitative estimate of drug-likeness (QED) is 0.541. The molecule has 3 rings (SSSR count). The van der Waals surface area contributed by atoms with Gasteiger partial charge in [-0.05, 0) is 30.3 Å². The van der Waals surface area contributed by atoms with E-state index in [1.165, 1.54) is 33.8 Å². The maximum Gasteiger partial charge on any atom is 0.274 e. The molecule has 1 amide bonds. The fraction of sp³-hybridized carbons (Fsp3) is 0.227. The fourth-order valence-electron chi connectivity index (χ4n) is 2.64. The van der Waals surface area contributed by atoms with Gasteiger partial charge in [-0.2, -0.15) is 5.10 Å². The predicted molar refractivity (Wildman–Crippen MR) is 109 cm³/mol. The van der Waals surface area contributed by atoms with E-state index < -0.39 is 5.82 Å². The van der Waals surface area contributed by atoms with Crippen LogP contribution in [0.25, 0.3) is 0 Å². The average molecular weight is 411 g/mol. The number of halogens is 1. The van der Waals surface area contributed by atoms with Gasteiger partial charge in [0.2, 0.25) is 0 Å². The molecule has 3 aromatic rings. The van der Waals surface area contributed by atoms with E-state index in [0.29, 0.717) is 5.75 Å². The van der Waals surface area contributed by atoms with Crippen LogP contribution in [0.4, 0.5) is 4.39 Å². The number of para-hydroxylation sites is 2. The number of amides is 1. The van der Waals surface area contributed by atoms with Gasteiger partial charge >= 0.3 is 0 Å². The van der Waals surface area contributed by atoms with Crippen LogP contribution in [0.2, 0.25) is 0 Å². The van der Waals surface area contributed by atoms with Crippen molar-refractivity contribution in [2.24, 2.45) is 0 Å². The van der Waals surface area contributed by atoms with Gasteiger partial charge in [0.05, 0.1) is 13.1 Å². The second-order valence-electron chi connectivity index (χ2n) is 6.45.